The number of ether oxygens (including phenoxy) is 1. The van der Waals surface area contributed by atoms with Crippen molar-refractivity contribution in [3.8, 4) is 0 Å². The Morgan fingerprint density at radius 2 is 2.16 bits per heavy atom. The van der Waals surface area contributed by atoms with Crippen molar-refractivity contribution in [2.24, 2.45) is 11.0 Å². The summed E-state index contributed by atoms with van der Waals surface area (Å²) in [7, 11) is 0. The fraction of sp³-hybridized carbons (Fsp3) is 0.467. The average Bonchev–Trinajstić information content (AvgIpc) is 2.47. The lowest BCUT2D eigenvalue weighted by Gasteiger charge is -2.22. The molecule has 0 radical (unpaired) electrons. The second-order valence-corrected chi connectivity index (χ2v) is 4.63. The minimum Gasteiger partial charge on any atom is -0.465 e. The van der Waals surface area contributed by atoms with Gasteiger partial charge < -0.3 is 4.74 Å². The van der Waals surface area contributed by atoms with E-state index in [9.17, 15) is 4.79 Å². The van der Waals surface area contributed by atoms with Crippen LogP contribution in [0, 0.1) is 5.92 Å². The summed E-state index contributed by atoms with van der Waals surface area (Å²) >= 11 is 0. The Balaban J connectivity index is 2.04. The van der Waals surface area contributed by atoms with Crippen molar-refractivity contribution in [3.63, 3.8) is 0 Å². The van der Waals surface area contributed by atoms with Crippen LogP contribution in [0.5, 0.6) is 0 Å². The van der Waals surface area contributed by atoms with Crippen molar-refractivity contribution < 1.29 is 9.53 Å². The molecule has 2 rings (SSSR count). The number of rotatable bonds is 4. The van der Waals surface area contributed by atoms with Crippen molar-refractivity contribution in [3.05, 3.63) is 30.3 Å². The van der Waals surface area contributed by atoms with E-state index in [2.05, 4.69) is 10.5 Å². The summed E-state index contributed by atoms with van der Waals surface area (Å²) < 4.78 is 5.12. The predicted molar refractivity (Wildman–Crippen MR) is 76.1 cm³/mol. The van der Waals surface area contributed by atoms with Crippen LogP contribution in [0.2, 0.25) is 0 Å². The van der Waals surface area contributed by atoms with Crippen LogP contribution in [-0.2, 0) is 9.53 Å². The molecule has 0 heterocycles. The summed E-state index contributed by atoms with van der Waals surface area (Å²) in [5, 5.41) is 4.40. The number of esters is 1. The summed E-state index contributed by atoms with van der Waals surface area (Å²) in [6.45, 7) is 2.26. The fourth-order valence-corrected chi connectivity index (χ4v) is 2.28. The Labute approximate surface area is 113 Å². The lowest BCUT2D eigenvalue weighted by atomic mass is 9.87. The first-order chi connectivity index (χ1) is 9.31. The molecule has 1 saturated carbocycles. The molecule has 0 saturated heterocycles. The number of para-hydroxylation sites is 1. The first-order valence-electron chi connectivity index (χ1n) is 6.85. The summed E-state index contributed by atoms with van der Waals surface area (Å²) in [6.07, 6.45) is 3.86. The predicted octanol–water partition coefficient (Wildman–Crippen LogP) is 3.21. The maximum atomic E-state index is 11.9. The van der Waals surface area contributed by atoms with Gasteiger partial charge in [0.2, 0.25) is 0 Å². The highest BCUT2D eigenvalue weighted by Gasteiger charge is 2.28. The van der Waals surface area contributed by atoms with Crippen LogP contribution >= 0.6 is 0 Å². The van der Waals surface area contributed by atoms with Crippen molar-refractivity contribution in [1.29, 1.82) is 0 Å². The fourth-order valence-electron chi connectivity index (χ4n) is 2.28. The van der Waals surface area contributed by atoms with E-state index in [-0.39, 0.29) is 11.9 Å². The standard InChI is InChI=1S/C15H20N2O2/c1-2-19-15(18)13-10-6-7-11-14(13)17-16-12-8-4-3-5-9-12/h3-5,8-9,13,16H,2,6-7,10-11H2,1H3/t13-/m0/s1. The van der Waals surface area contributed by atoms with Crippen LogP contribution in [0.3, 0.4) is 0 Å². The highest BCUT2D eigenvalue weighted by atomic mass is 16.5. The van der Waals surface area contributed by atoms with Crippen molar-refractivity contribution in [2.75, 3.05) is 12.0 Å². The zero-order chi connectivity index (χ0) is 13.5. The molecule has 0 bridgehead atoms. The minimum atomic E-state index is -0.176. The molecular formula is C15H20N2O2. The monoisotopic (exact) mass is 260 g/mol. The number of nitrogens with zero attached hydrogens (tertiary/aromatic N) is 1. The molecule has 0 spiro atoms. The number of hydrogen-bond acceptors (Lipinski definition) is 4. The summed E-state index contributed by atoms with van der Waals surface area (Å²) in [6, 6.07) is 9.76. The van der Waals surface area contributed by atoms with E-state index in [1.807, 2.05) is 37.3 Å². The van der Waals surface area contributed by atoms with E-state index in [1.54, 1.807) is 0 Å². The lowest BCUT2D eigenvalue weighted by Crippen LogP contribution is -2.29. The van der Waals surface area contributed by atoms with E-state index in [4.69, 9.17) is 4.74 Å². The molecule has 4 heteroatoms. The van der Waals surface area contributed by atoms with Crippen molar-refractivity contribution in [1.82, 2.24) is 0 Å². The molecule has 1 atom stereocenters. The Hall–Kier alpha value is -1.84. The van der Waals surface area contributed by atoms with Crippen LogP contribution in [0.4, 0.5) is 5.69 Å². The number of carbonyl (C=O) groups is 1. The molecule has 1 aromatic rings. The van der Waals surface area contributed by atoms with E-state index in [1.165, 1.54) is 0 Å². The molecule has 19 heavy (non-hydrogen) atoms. The number of carbonyl (C=O) groups excluding carboxylic acids is 1. The average molecular weight is 260 g/mol. The maximum absolute atomic E-state index is 11.9. The Kier molecular flexibility index (Phi) is 4.95. The molecule has 1 aliphatic rings. The Bertz CT molecular complexity index is 443. The number of benzene rings is 1. The molecule has 0 amide bonds. The van der Waals surface area contributed by atoms with Crippen LogP contribution in [0.25, 0.3) is 0 Å². The van der Waals surface area contributed by atoms with Gasteiger partial charge in [-0.1, -0.05) is 24.6 Å². The molecule has 1 aromatic carbocycles. The molecule has 0 unspecified atom stereocenters. The number of nitrogens with one attached hydrogen (secondary N) is 1. The lowest BCUT2D eigenvalue weighted by molar-refractivity contribution is -0.146. The molecule has 1 fully saturated rings. The minimum absolute atomic E-state index is 0.143. The molecule has 0 aromatic heterocycles. The Morgan fingerprint density at radius 1 is 1.37 bits per heavy atom. The zero-order valence-electron chi connectivity index (χ0n) is 11.3. The van der Waals surface area contributed by atoms with Crippen LogP contribution < -0.4 is 5.43 Å². The third-order valence-corrected chi connectivity index (χ3v) is 3.25. The van der Waals surface area contributed by atoms with Crippen molar-refractivity contribution in [2.45, 2.75) is 32.6 Å². The van der Waals surface area contributed by atoms with Gasteiger partial charge >= 0.3 is 5.97 Å². The molecular weight excluding hydrogens is 240 g/mol. The van der Waals surface area contributed by atoms with Gasteiger partial charge in [-0.25, -0.2) is 0 Å². The third kappa shape index (κ3) is 3.81. The van der Waals surface area contributed by atoms with E-state index < -0.39 is 0 Å². The van der Waals surface area contributed by atoms with E-state index >= 15 is 0 Å². The van der Waals surface area contributed by atoms with Crippen molar-refractivity contribution >= 4 is 17.4 Å². The summed E-state index contributed by atoms with van der Waals surface area (Å²) in [5.41, 5.74) is 4.87. The first-order valence-corrected chi connectivity index (χ1v) is 6.85. The van der Waals surface area contributed by atoms with E-state index in [0.717, 1.165) is 37.1 Å². The first kappa shape index (κ1) is 13.6. The topological polar surface area (TPSA) is 50.7 Å². The van der Waals surface area contributed by atoms with Gasteiger partial charge in [-0.2, -0.15) is 5.10 Å². The van der Waals surface area contributed by atoms with Crippen LogP contribution in [-0.4, -0.2) is 18.3 Å². The van der Waals surface area contributed by atoms with Gasteiger partial charge in [0.1, 0.15) is 0 Å². The molecule has 4 nitrogen and oxygen atoms in total. The van der Waals surface area contributed by atoms with Gasteiger partial charge in [0.15, 0.2) is 0 Å². The van der Waals surface area contributed by atoms with Gasteiger partial charge in [-0.15, -0.1) is 0 Å². The Morgan fingerprint density at radius 3 is 2.89 bits per heavy atom. The summed E-state index contributed by atoms with van der Waals surface area (Å²) in [5.74, 6) is -0.319. The van der Waals surface area contributed by atoms with Crippen LogP contribution in [0.1, 0.15) is 32.6 Å². The quantitative estimate of drug-likeness (QED) is 0.668. The van der Waals surface area contributed by atoms with Gasteiger partial charge in [0.25, 0.3) is 0 Å². The third-order valence-electron chi connectivity index (χ3n) is 3.25. The molecule has 102 valence electrons. The molecule has 0 aliphatic heterocycles. The van der Waals surface area contributed by atoms with E-state index in [0.29, 0.717) is 6.61 Å². The molecule has 1 aliphatic carbocycles. The number of hydrazone groups is 1. The van der Waals surface area contributed by atoms with Gasteiger partial charge in [-0.05, 0) is 38.3 Å². The normalized spacial score (nSPS) is 21.1. The smallest absolute Gasteiger partial charge is 0.314 e. The van der Waals surface area contributed by atoms with Gasteiger partial charge in [-0.3, -0.25) is 10.2 Å². The maximum Gasteiger partial charge on any atom is 0.314 e. The zero-order valence-corrected chi connectivity index (χ0v) is 11.3. The second kappa shape index (κ2) is 6.92. The van der Waals surface area contributed by atoms with Gasteiger partial charge in [0, 0.05) is 0 Å². The van der Waals surface area contributed by atoms with Gasteiger partial charge in [0.05, 0.1) is 23.9 Å². The number of hydrogen-bond donors (Lipinski definition) is 1. The highest BCUT2D eigenvalue weighted by molar-refractivity contribution is 6.02. The summed E-state index contributed by atoms with van der Waals surface area (Å²) in [4.78, 5) is 11.9. The second-order valence-electron chi connectivity index (χ2n) is 4.63. The van der Waals surface area contributed by atoms with Crippen LogP contribution in [0.15, 0.2) is 35.4 Å². The highest BCUT2D eigenvalue weighted by Crippen LogP contribution is 2.23. The SMILES string of the molecule is CCOC(=O)[C@H]1CCCCC1=NNc1ccccc1. The largest absolute Gasteiger partial charge is 0.465 e. The number of anilines is 1. The molecule has 1 N–H and O–H groups in total.